The molecule has 3 aromatic rings. The fourth-order valence-electron chi connectivity index (χ4n) is 3.33. The minimum atomic E-state index is -0.0118. The molecule has 8 heteroatoms. The van der Waals surface area contributed by atoms with Crippen LogP contribution in [0, 0.1) is 0 Å². The van der Waals surface area contributed by atoms with Crippen molar-refractivity contribution in [1.82, 2.24) is 30.0 Å². The zero-order valence-corrected chi connectivity index (χ0v) is 15.2. The molecule has 0 fully saturated rings. The molecule has 0 bridgehead atoms. The third kappa shape index (κ3) is 3.64. The zero-order chi connectivity index (χ0) is 18.6. The highest BCUT2D eigenvalue weighted by Crippen LogP contribution is 2.25. The highest BCUT2D eigenvalue weighted by atomic mass is 16.2. The van der Waals surface area contributed by atoms with E-state index in [1.807, 2.05) is 24.3 Å². The molecule has 0 aliphatic carbocycles. The minimum absolute atomic E-state index is 0.0118. The Kier molecular flexibility index (Phi) is 4.78. The van der Waals surface area contributed by atoms with Gasteiger partial charge in [-0.25, -0.2) is 9.97 Å². The number of carbonyl (C=O) groups is 1. The number of aromatic amines is 1. The van der Waals surface area contributed by atoms with Gasteiger partial charge in [0.1, 0.15) is 12.1 Å². The standard InChI is InChI=1S/C19H21N7O/c1-25(7-4-14-9-23-24-10-14)18-16-5-8-26(12-17(16)21-13-22-18)19(27)15-3-2-6-20-11-15/h2-3,6,9-11,13H,4-5,7-8,12H2,1H3,(H,23,24). The van der Waals surface area contributed by atoms with Crippen LogP contribution in [0.15, 0.2) is 43.2 Å². The largest absolute Gasteiger partial charge is 0.359 e. The van der Waals surface area contributed by atoms with E-state index in [1.54, 1.807) is 30.9 Å². The van der Waals surface area contributed by atoms with Gasteiger partial charge >= 0.3 is 0 Å². The van der Waals surface area contributed by atoms with Crippen molar-refractivity contribution in [2.24, 2.45) is 0 Å². The Labute approximate surface area is 157 Å². The number of anilines is 1. The quantitative estimate of drug-likeness (QED) is 0.738. The molecule has 0 spiro atoms. The second-order valence-corrected chi connectivity index (χ2v) is 6.62. The molecular weight excluding hydrogens is 342 g/mol. The Morgan fingerprint density at radius 2 is 2.26 bits per heavy atom. The molecule has 138 valence electrons. The Balaban J connectivity index is 1.48. The van der Waals surface area contributed by atoms with Gasteiger partial charge in [0.25, 0.3) is 5.91 Å². The number of pyridine rings is 1. The summed E-state index contributed by atoms with van der Waals surface area (Å²) in [5.41, 5.74) is 3.81. The first-order valence-corrected chi connectivity index (χ1v) is 8.93. The van der Waals surface area contributed by atoms with Crippen molar-refractivity contribution in [2.75, 3.05) is 25.0 Å². The number of likely N-dealkylation sites (N-methyl/N-ethyl adjacent to an activating group) is 1. The third-order valence-electron chi connectivity index (χ3n) is 4.83. The van der Waals surface area contributed by atoms with E-state index in [0.717, 1.165) is 42.0 Å². The molecule has 4 heterocycles. The average molecular weight is 363 g/mol. The van der Waals surface area contributed by atoms with Crippen LogP contribution in [0.25, 0.3) is 0 Å². The molecule has 0 saturated heterocycles. The molecule has 1 amide bonds. The summed E-state index contributed by atoms with van der Waals surface area (Å²) >= 11 is 0. The van der Waals surface area contributed by atoms with E-state index in [4.69, 9.17) is 0 Å². The maximum Gasteiger partial charge on any atom is 0.255 e. The molecule has 0 aromatic carbocycles. The zero-order valence-electron chi connectivity index (χ0n) is 15.2. The lowest BCUT2D eigenvalue weighted by molar-refractivity contribution is 0.0731. The molecule has 8 nitrogen and oxygen atoms in total. The third-order valence-corrected chi connectivity index (χ3v) is 4.83. The van der Waals surface area contributed by atoms with E-state index in [-0.39, 0.29) is 5.91 Å². The molecule has 27 heavy (non-hydrogen) atoms. The SMILES string of the molecule is CN(CCc1cn[nH]c1)c1ncnc2c1CCN(C(=O)c1cccnc1)C2. The van der Waals surface area contributed by atoms with Crippen LogP contribution in [0.2, 0.25) is 0 Å². The van der Waals surface area contributed by atoms with Crippen LogP contribution in [0.4, 0.5) is 5.82 Å². The summed E-state index contributed by atoms with van der Waals surface area (Å²) in [6.07, 6.45) is 10.2. The predicted octanol–water partition coefficient (Wildman–Crippen LogP) is 1.47. The van der Waals surface area contributed by atoms with Crippen LogP contribution in [0.3, 0.4) is 0 Å². The molecule has 0 saturated carbocycles. The number of nitrogens with one attached hydrogen (secondary N) is 1. The number of carbonyl (C=O) groups excluding carboxylic acids is 1. The first-order chi connectivity index (χ1) is 13.2. The maximum atomic E-state index is 12.7. The first-order valence-electron chi connectivity index (χ1n) is 8.93. The summed E-state index contributed by atoms with van der Waals surface area (Å²) in [4.78, 5) is 29.6. The Morgan fingerprint density at radius 1 is 1.33 bits per heavy atom. The number of rotatable bonds is 5. The van der Waals surface area contributed by atoms with Crippen LogP contribution in [0.5, 0.6) is 0 Å². The minimum Gasteiger partial charge on any atom is -0.359 e. The van der Waals surface area contributed by atoms with Gasteiger partial charge in [0.2, 0.25) is 0 Å². The van der Waals surface area contributed by atoms with Crippen LogP contribution >= 0.6 is 0 Å². The molecule has 0 atom stereocenters. The summed E-state index contributed by atoms with van der Waals surface area (Å²) in [7, 11) is 2.04. The summed E-state index contributed by atoms with van der Waals surface area (Å²) in [5.74, 6) is 0.930. The Hall–Kier alpha value is -3.29. The van der Waals surface area contributed by atoms with Crippen LogP contribution in [-0.4, -0.2) is 56.1 Å². The van der Waals surface area contributed by atoms with E-state index in [1.165, 1.54) is 0 Å². The van der Waals surface area contributed by atoms with Crippen molar-refractivity contribution < 1.29 is 4.79 Å². The highest BCUT2D eigenvalue weighted by molar-refractivity contribution is 5.94. The number of nitrogens with zero attached hydrogens (tertiary/aromatic N) is 6. The number of hydrogen-bond donors (Lipinski definition) is 1. The van der Waals surface area contributed by atoms with Crippen molar-refractivity contribution in [1.29, 1.82) is 0 Å². The summed E-state index contributed by atoms with van der Waals surface area (Å²) in [5, 5.41) is 6.82. The van der Waals surface area contributed by atoms with Crippen molar-refractivity contribution in [3.8, 4) is 0 Å². The van der Waals surface area contributed by atoms with Crippen molar-refractivity contribution >= 4 is 11.7 Å². The lowest BCUT2D eigenvalue weighted by Crippen LogP contribution is -2.37. The summed E-state index contributed by atoms with van der Waals surface area (Å²) in [6, 6.07) is 3.57. The second kappa shape index (κ2) is 7.53. The predicted molar refractivity (Wildman–Crippen MR) is 100 cm³/mol. The first kappa shape index (κ1) is 17.1. The van der Waals surface area contributed by atoms with Gasteiger partial charge in [0.05, 0.1) is 24.0 Å². The molecular formula is C19H21N7O. The van der Waals surface area contributed by atoms with E-state index in [2.05, 4.69) is 30.0 Å². The fraction of sp³-hybridized carbons (Fsp3) is 0.316. The Morgan fingerprint density at radius 3 is 3.04 bits per heavy atom. The molecule has 0 unspecified atom stereocenters. The molecule has 1 aliphatic rings. The number of aromatic nitrogens is 5. The van der Waals surface area contributed by atoms with Gasteiger partial charge in [-0.3, -0.25) is 14.9 Å². The molecule has 1 aliphatic heterocycles. The monoisotopic (exact) mass is 363 g/mol. The molecule has 1 N–H and O–H groups in total. The van der Waals surface area contributed by atoms with Crippen molar-refractivity contribution in [3.05, 3.63) is 65.6 Å². The Bertz CT molecular complexity index is 911. The van der Waals surface area contributed by atoms with Crippen LogP contribution < -0.4 is 4.90 Å². The fourth-order valence-corrected chi connectivity index (χ4v) is 3.33. The van der Waals surface area contributed by atoms with Gasteiger partial charge in [0.15, 0.2) is 0 Å². The molecule has 0 radical (unpaired) electrons. The van der Waals surface area contributed by atoms with Crippen LogP contribution in [-0.2, 0) is 19.4 Å². The van der Waals surface area contributed by atoms with E-state index in [0.29, 0.717) is 18.7 Å². The second-order valence-electron chi connectivity index (χ2n) is 6.62. The highest BCUT2D eigenvalue weighted by Gasteiger charge is 2.26. The van der Waals surface area contributed by atoms with Crippen molar-refractivity contribution in [2.45, 2.75) is 19.4 Å². The van der Waals surface area contributed by atoms with E-state index >= 15 is 0 Å². The number of hydrogen-bond acceptors (Lipinski definition) is 6. The van der Waals surface area contributed by atoms with E-state index in [9.17, 15) is 4.79 Å². The van der Waals surface area contributed by atoms with Gasteiger partial charge in [-0.1, -0.05) is 0 Å². The topological polar surface area (TPSA) is 90.9 Å². The smallest absolute Gasteiger partial charge is 0.255 e. The summed E-state index contributed by atoms with van der Waals surface area (Å²) in [6.45, 7) is 1.98. The molecule has 3 aromatic heterocycles. The normalized spacial score (nSPS) is 13.3. The number of amides is 1. The van der Waals surface area contributed by atoms with Crippen molar-refractivity contribution in [3.63, 3.8) is 0 Å². The van der Waals surface area contributed by atoms with Gasteiger partial charge in [0, 0.05) is 44.3 Å². The number of fused-ring (bicyclic) bond motifs is 1. The lowest BCUT2D eigenvalue weighted by Gasteiger charge is -2.30. The van der Waals surface area contributed by atoms with E-state index < -0.39 is 0 Å². The van der Waals surface area contributed by atoms with Gasteiger partial charge in [-0.05, 0) is 30.5 Å². The average Bonchev–Trinajstić information content (AvgIpc) is 3.25. The van der Waals surface area contributed by atoms with Gasteiger partial charge in [-0.15, -0.1) is 0 Å². The van der Waals surface area contributed by atoms with Gasteiger partial charge < -0.3 is 9.80 Å². The van der Waals surface area contributed by atoms with Crippen LogP contribution in [0.1, 0.15) is 27.2 Å². The lowest BCUT2D eigenvalue weighted by atomic mass is 10.0. The number of H-pyrrole nitrogens is 1. The van der Waals surface area contributed by atoms with Gasteiger partial charge in [-0.2, -0.15) is 5.10 Å². The maximum absolute atomic E-state index is 12.7. The summed E-state index contributed by atoms with van der Waals surface area (Å²) < 4.78 is 0. The molecule has 4 rings (SSSR count).